The molecule has 3 atom stereocenters. The molecule has 12 nitrogen and oxygen atoms in total. The van der Waals surface area contributed by atoms with Crippen molar-refractivity contribution in [1.82, 2.24) is 9.21 Å². The molecular weight excluding hydrogens is 648 g/mol. The number of hydrogen-bond donors (Lipinski definition) is 3. The molecule has 49 heavy (non-hydrogen) atoms. The minimum absolute atomic E-state index is 0.0383. The van der Waals surface area contributed by atoms with Gasteiger partial charge in [-0.1, -0.05) is 49.4 Å². The third-order valence-electron chi connectivity index (χ3n) is 8.84. The van der Waals surface area contributed by atoms with Crippen LogP contribution in [0.15, 0.2) is 83.8 Å². The highest BCUT2D eigenvalue weighted by Gasteiger charge is 2.36. The van der Waals surface area contributed by atoms with Crippen molar-refractivity contribution in [2.75, 3.05) is 50.6 Å². The van der Waals surface area contributed by atoms with Crippen molar-refractivity contribution in [3.8, 4) is 17.2 Å². The third kappa shape index (κ3) is 7.14. The van der Waals surface area contributed by atoms with Crippen molar-refractivity contribution in [3.05, 3.63) is 84.4 Å². The zero-order chi connectivity index (χ0) is 34.7. The van der Waals surface area contributed by atoms with Gasteiger partial charge < -0.3 is 34.9 Å². The van der Waals surface area contributed by atoms with Gasteiger partial charge in [-0.25, -0.2) is 13.2 Å². The number of urea groups is 1. The highest BCUT2D eigenvalue weighted by Crippen LogP contribution is 2.37. The Morgan fingerprint density at radius 3 is 2.47 bits per heavy atom. The highest BCUT2D eigenvalue weighted by molar-refractivity contribution is 7.89. The average molecular weight is 689 g/mol. The highest BCUT2D eigenvalue weighted by atomic mass is 32.2. The summed E-state index contributed by atoms with van der Waals surface area (Å²) in [6.45, 7) is 4.33. The number of benzene rings is 4. The molecule has 258 valence electrons. The molecule has 4 aromatic carbocycles. The molecule has 3 amide bonds. The number of amides is 3. The topological polar surface area (TPSA) is 147 Å². The fourth-order valence-corrected chi connectivity index (χ4v) is 7.20. The van der Waals surface area contributed by atoms with Crippen molar-refractivity contribution < 1.29 is 37.3 Å². The van der Waals surface area contributed by atoms with Crippen LogP contribution in [0.1, 0.15) is 30.6 Å². The number of carbonyl (C=O) groups is 2. The van der Waals surface area contributed by atoms with Crippen LogP contribution in [0.3, 0.4) is 0 Å². The Hall–Kier alpha value is -4.85. The molecule has 3 unspecified atom stereocenters. The molecule has 2 heterocycles. The number of hydrogen-bond acceptors (Lipinski definition) is 8. The van der Waals surface area contributed by atoms with Crippen molar-refractivity contribution in [2.24, 2.45) is 5.92 Å². The van der Waals surface area contributed by atoms with Crippen LogP contribution >= 0.6 is 0 Å². The lowest BCUT2D eigenvalue weighted by molar-refractivity contribution is 0.0389. The van der Waals surface area contributed by atoms with E-state index in [1.54, 1.807) is 42.2 Å². The molecule has 0 fully saturated rings. The van der Waals surface area contributed by atoms with E-state index >= 15 is 0 Å². The minimum Gasteiger partial charge on any atom is -0.490 e. The smallest absolute Gasteiger partial charge is 0.323 e. The van der Waals surface area contributed by atoms with Gasteiger partial charge in [0.2, 0.25) is 10.0 Å². The Morgan fingerprint density at radius 1 is 0.980 bits per heavy atom. The Bertz CT molecular complexity index is 1960. The number of para-hydroxylation sites is 1. The van der Waals surface area contributed by atoms with E-state index in [-0.39, 0.29) is 53.4 Å². The van der Waals surface area contributed by atoms with Crippen molar-refractivity contribution in [1.29, 1.82) is 0 Å². The normalized spacial score (nSPS) is 18.5. The molecule has 6 rings (SSSR count). The standard InChI is InChI=1S/C36H40N4O8S/c1-23-20-40(24(2)22-41)35(42)28-12-7-14-30(38-36(43)37-29-13-6-10-25-9-4-5-11-27(25)29)34(28)48-33(23)21-39(3)49(44,45)26-15-16-31-32(19-26)47-18-8-17-46-31/h4-7,9-16,19,23-24,33,41H,8,17-18,20-22H2,1-3H3,(H2,37,38,43). The lowest BCUT2D eigenvalue weighted by atomic mass is 9.99. The third-order valence-corrected chi connectivity index (χ3v) is 10.7. The summed E-state index contributed by atoms with van der Waals surface area (Å²) >= 11 is 0. The quantitative estimate of drug-likeness (QED) is 0.230. The summed E-state index contributed by atoms with van der Waals surface area (Å²) in [7, 11) is -2.55. The minimum atomic E-state index is -4.02. The summed E-state index contributed by atoms with van der Waals surface area (Å²) in [6.07, 6.45) is -0.0741. The van der Waals surface area contributed by atoms with Crippen LogP contribution in [0.5, 0.6) is 17.2 Å². The number of sulfonamides is 1. The Labute approximate surface area is 285 Å². The second kappa shape index (κ2) is 14.3. The first kappa shape index (κ1) is 34.0. The van der Waals surface area contributed by atoms with Crippen molar-refractivity contribution >= 4 is 44.1 Å². The van der Waals surface area contributed by atoms with Crippen LogP contribution in [0.25, 0.3) is 10.8 Å². The van der Waals surface area contributed by atoms with Gasteiger partial charge in [0.25, 0.3) is 5.91 Å². The molecule has 0 radical (unpaired) electrons. The second-order valence-corrected chi connectivity index (χ2v) is 14.4. The van der Waals surface area contributed by atoms with E-state index < -0.39 is 28.2 Å². The fourth-order valence-electron chi connectivity index (χ4n) is 6.01. The van der Waals surface area contributed by atoms with E-state index in [4.69, 9.17) is 14.2 Å². The molecule has 0 saturated heterocycles. The molecule has 2 aliphatic heterocycles. The zero-order valence-electron chi connectivity index (χ0n) is 27.6. The summed E-state index contributed by atoms with van der Waals surface area (Å²) in [5.41, 5.74) is 1.00. The summed E-state index contributed by atoms with van der Waals surface area (Å²) in [5.74, 6) is 0.188. The lowest BCUT2D eigenvalue weighted by Gasteiger charge is -2.38. The number of aliphatic hydroxyl groups is 1. The van der Waals surface area contributed by atoms with Gasteiger partial charge in [-0.3, -0.25) is 4.79 Å². The number of likely N-dealkylation sites (N-methyl/N-ethyl adjacent to an activating group) is 1. The maximum Gasteiger partial charge on any atom is 0.323 e. The zero-order valence-corrected chi connectivity index (χ0v) is 28.4. The first-order chi connectivity index (χ1) is 23.6. The van der Waals surface area contributed by atoms with Gasteiger partial charge in [-0.2, -0.15) is 4.31 Å². The van der Waals surface area contributed by atoms with E-state index in [0.29, 0.717) is 36.8 Å². The lowest BCUT2D eigenvalue weighted by Crippen LogP contribution is -2.50. The van der Waals surface area contributed by atoms with Crippen LogP contribution in [0.2, 0.25) is 0 Å². The number of anilines is 2. The van der Waals surface area contributed by atoms with Crippen LogP contribution in [-0.4, -0.2) is 86.8 Å². The summed E-state index contributed by atoms with van der Waals surface area (Å²) in [6, 6.07) is 21.5. The van der Waals surface area contributed by atoms with Crippen LogP contribution in [0, 0.1) is 5.92 Å². The van der Waals surface area contributed by atoms with Crippen LogP contribution < -0.4 is 24.8 Å². The van der Waals surface area contributed by atoms with Gasteiger partial charge in [-0.15, -0.1) is 0 Å². The van der Waals surface area contributed by atoms with Crippen molar-refractivity contribution in [2.45, 2.75) is 37.3 Å². The van der Waals surface area contributed by atoms with Crippen molar-refractivity contribution in [3.63, 3.8) is 0 Å². The molecule has 0 aromatic heterocycles. The molecule has 4 aromatic rings. The molecule has 0 bridgehead atoms. The van der Waals surface area contributed by atoms with Crippen LogP contribution in [-0.2, 0) is 10.0 Å². The van der Waals surface area contributed by atoms with Gasteiger partial charge in [0, 0.05) is 37.4 Å². The van der Waals surface area contributed by atoms with E-state index in [0.717, 1.165) is 10.8 Å². The van der Waals surface area contributed by atoms with E-state index in [1.165, 1.54) is 23.5 Å². The maximum atomic E-state index is 13.9. The van der Waals surface area contributed by atoms with E-state index in [9.17, 15) is 23.1 Å². The van der Waals surface area contributed by atoms with Gasteiger partial charge in [-0.05, 0) is 42.6 Å². The Balaban J connectivity index is 1.30. The molecule has 2 aliphatic rings. The molecule has 0 aliphatic carbocycles. The van der Waals surface area contributed by atoms with Gasteiger partial charge in [0.1, 0.15) is 6.10 Å². The number of aliphatic hydroxyl groups excluding tert-OH is 1. The predicted octanol–water partition coefficient (Wildman–Crippen LogP) is 5.19. The largest absolute Gasteiger partial charge is 0.490 e. The van der Waals surface area contributed by atoms with Gasteiger partial charge >= 0.3 is 6.03 Å². The number of rotatable bonds is 8. The first-order valence-electron chi connectivity index (χ1n) is 16.2. The van der Waals surface area contributed by atoms with Gasteiger partial charge in [0.15, 0.2) is 17.2 Å². The summed E-state index contributed by atoms with van der Waals surface area (Å²) in [5, 5.41) is 17.6. The number of fused-ring (bicyclic) bond motifs is 3. The molecule has 0 spiro atoms. The summed E-state index contributed by atoms with van der Waals surface area (Å²) < 4.78 is 46.8. The average Bonchev–Trinajstić information content (AvgIpc) is 3.35. The molecule has 0 saturated carbocycles. The van der Waals surface area contributed by atoms with E-state index in [2.05, 4.69) is 10.6 Å². The maximum absolute atomic E-state index is 13.9. The second-order valence-electron chi connectivity index (χ2n) is 12.4. The predicted molar refractivity (Wildman–Crippen MR) is 186 cm³/mol. The number of carbonyl (C=O) groups excluding carboxylic acids is 2. The van der Waals surface area contributed by atoms with E-state index in [1.807, 2.05) is 43.3 Å². The SMILES string of the molecule is CC1CN(C(C)CO)C(=O)c2cccc(NC(=O)Nc3cccc4ccccc34)c2OC1CN(C)S(=O)(=O)c1ccc2c(c1)OCCCO2. The fraction of sp³-hybridized carbons (Fsp3) is 0.333. The van der Waals surface area contributed by atoms with Crippen LogP contribution in [0.4, 0.5) is 16.2 Å². The number of ether oxygens (including phenoxy) is 3. The molecule has 3 N–H and O–H groups in total. The monoisotopic (exact) mass is 688 g/mol. The Kier molecular flexibility index (Phi) is 9.95. The Morgan fingerprint density at radius 2 is 1.67 bits per heavy atom. The first-order valence-corrected chi connectivity index (χ1v) is 17.6. The van der Waals surface area contributed by atoms with Gasteiger partial charge in [0.05, 0.1) is 54.2 Å². The molecular formula is C36H40N4O8S. The number of nitrogens with zero attached hydrogens (tertiary/aromatic N) is 2. The molecule has 13 heteroatoms. The number of nitrogens with one attached hydrogen (secondary N) is 2. The summed E-state index contributed by atoms with van der Waals surface area (Å²) in [4.78, 5) is 28.9.